The molecule has 0 unspecified atom stereocenters. The highest BCUT2D eigenvalue weighted by atomic mass is 32.2. The lowest BCUT2D eigenvalue weighted by atomic mass is 10.1. The third-order valence-corrected chi connectivity index (χ3v) is 6.21. The minimum Gasteiger partial charge on any atom is -0.496 e. The lowest BCUT2D eigenvalue weighted by Gasteiger charge is -2.18. The Labute approximate surface area is 153 Å². The molecule has 0 atom stereocenters. The molecule has 0 bridgehead atoms. The standard InChI is InChI=1S/C19H22N2O4S/c1-13-14(2)18(10-9-17(13)25-3)26(23,24)20-15-6-4-7-16(12-15)21-11-5-8-19(21)22/h4,6-7,9-10,12,20H,5,8,11H2,1-3H3. The van der Waals surface area contributed by atoms with Crippen molar-refractivity contribution in [2.24, 2.45) is 0 Å². The van der Waals surface area contributed by atoms with Crippen LogP contribution in [-0.2, 0) is 14.8 Å². The van der Waals surface area contributed by atoms with E-state index >= 15 is 0 Å². The smallest absolute Gasteiger partial charge is 0.262 e. The van der Waals surface area contributed by atoms with Crippen molar-refractivity contribution in [1.29, 1.82) is 0 Å². The van der Waals surface area contributed by atoms with Gasteiger partial charge in [-0.15, -0.1) is 0 Å². The Balaban J connectivity index is 1.91. The number of nitrogens with one attached hydrogen (secondary N) is 1. The third kappa shape index (κ3) is 3.39. The van der Waals surface area contributed by atoms with Crippen molar-refractivity contribution in [3.8, 4) is 5.75 Å². The normalized spacial score (nSPS) is 14.6. The predicted molar refractivity (Wildman–Crippen MR) is 101 cm³/mol. The van der Waals surface area contributed by atoms with Crippen LogP contribution in [-0.4, -0.2) is 28.0 Å². The molecular weight excluding hydrogens is 352 g/mol. The van der Waals surface area contributed by atoms with Gasteiger partial charge in [0.1, 0.15) is 5.75 Å². The lowest BCUT2D eigenvalue weighted by Crippen LogP contribution is -2.23. The second kappa shape index (κ2) is 6.99. The molecule has 1 heterocycles. The zero-order valence-electron chi connectivity index (χ0n) is 15.1. The van der Waals surface area contributed by atoms with E-state index in [1.165, 1.54) is 6.07 Å². The van der Waals surface area contributed by atoms with E-state index in [2.05, 4.69) is 4.72 Å². The Morgan fingerprint density at radius 3 is 2.54 bits per heavy atom. The Kier molecular flexibility index (Phi) is 4.91. The van der Waals surface area contributed by atoms with Crippen LogP contribution in [0.25, 0.3) is 0 Å². The summed E-state index contributed by atoms with van der Waals surface area (Å²) in [5.41, 5.74) is 2.56. The topological polar surface area (TPSA) is 75.7 Å². The van der Waals surface area contributed by atoms with E-state index in [0.29, 0.717) is 35.7 Å². The molecule has 0 aromatic heterocycles. The second-order valence-electron chi connectivity index (χ2n) is 6.32. The summed E-state index contributed by atoms with van der Waals surface area (Å²) < 4.78 is 33.5. The van der Waals surface area contributed by atoms with Gasteiger partial charge in [-0.3, -0.25) is 9.52 Å². The molecular formula is C19H22N2O4S. The van der Waals surface area contributed by atoms with Gasteiger partial charge in [0.25, 0.3) is 10.0 Å². The molecule has 0 saturated carbocycles. The summed E-state index contributed by atoms with van der Waals surface area (Å²) in [4.78, 5) is 13.8. The summed E-state index contributed by atoms with van der Waals surface area (Å²) in [6.45, 7) is 4.24. The summed E-state index contributed by atoms with van der Waals surface area (Å²) in [6, 6.07) is 10.1. The molecule has 0 spiro atoms. The van der Waals surface area contributed by atoms with Gasteiger partial charge in [-0.2, -0.15) is 0 Å². The minimum atomic E-state index is -3.75. The van der Waals surface area contributed by atoms with Crippen LogP contribution in [0.3, 0.4) is 0 Å². The fourth-order valence-electron chi connectivity index (χ4n) is 3.15. The summed E-state index contributed by atoms with van der Waals surface area (Å²) in [7, 11) is -2.20. The number of amides is 1. The van der Waals surface area contributed by atoms with Crippen LogP contribution in [0.2, 0.25) is 0 Å². The van der Waals surface area contributed by atoms with E-state index in [0.717, 1.165) is 12.0 Å². The Hall–Kier alpha value is -2.54. The number of rotatable bonds is 5. The van der Waals surface area contributed by atoms with Crippen LogP contribution >= 0.6 is 0 Å². The van der Waals surface area contributed by atoms with Crippen molar-refractivity contribution >= 4 is 27.3 Å². The first-order chi connectivity index (χ1) is 12.3. The number of methoxy groups -OCH3 is 1. The van der Waals surface area contributed by atoms with Gasteiger partial charge in [-0.1, -0.05) is 6.07 Å². The van der Waals surface area contributed by atoms with Gasteiger partial charge < -0.3 is 9.64 Å². The number of hydrogen-bond acceptors (Lipinski definition) is 4. The zero-order chi connectivity index (χ0) is 18.9. The van der Waals surface area contributed by atoms with Gasteiger partial charge in [-0.05, 0) is 61.7 Å². The van der Waals surface area contributed by atoms with Crippen molar-refractivity contribution in [2.45, 2.75) is 31.6 Å². The summed E-state index contributed by atoms with van der Waals surface area (Å²) in [5.74, 6) is 0.711. The van der Waals surface area contributed by atoms with E-state index in [4.69, 9.17) is 4.74 Å². The van der Waals surface area contributed by atoms with E-state index < -0.39 is 10.0 Å². The molecule has 1 fully saturated rings. The van der Waals surface area contributed by atoms with Crippen LogP contribution in [0, 0.1) is 13.8 Å². The molecule has 1 saturated heterocycles. The van der Waals surface area contributed by atoms with Crippen molar-refractivity contribution < 1.29 is 17.9 Å². The molecule has 3 rings (SSSR count). The quantitative estimate of drug-likeness (QED) is 0.872. The van der Waals surface area contributed by atoms with Gasteiger partial charge in [0, 0.05) is 18.7 Å². The minimum absolute atomic E-state index is 0.0617. The molecule has 26 heavy (non-hydrogen) atoms. The van der Waals surface area contributed by atoms with Crippen molar-refractivity contribution in [3.05, 3.63) is 47.5 Å². The number of carbonyl (C=O) groups is 1. The first kappa shape index (κ1) is 18.3. The van der Waals surface area contributed by atoms with Crippen LogP contribution in [0.15, 0.2) is 41.3 Å². The van der Waals surface area contributed by atoms with E-state index in [9.17, 15) is 13.2 Å². The van der Waals surface area contributed by atoms with Gasteiger partial charge in [0.2, 0.25) is 5.91 Å². The molecule has 6 nitrogen and oxygen atoms in total. The van der Waals surface area contributed by atoms with Gasteiger partial charge >= 0.3 is 0 Å². The maximum atomic E-state index is 12.8. The van der Waals surface area contributed by atoms with Gasteiger partial charge in [0.15, 0.2) is 0 Å². The molecule has 7 heteroatoms. The lowest BCUT2D eigenvalue weighted by molar-refractivity contribution is -0.117. The number of carbonyl (C=O) groups excluding carboxylic acids is 1. The number of sulfonamides is 1. The zero-order valence-corrected chi connectivity index (χ0v) is 15.9. The first-order valence-electron chi connectivity index (χ1n) is 8.41. The average Bonchev–Trinajstić information content (AvgIpc) is 3.03. The van der Waals surface area contributed by atoms with E-state index in [-0.39, 0.29) is 10.8 Å². The summed E-state index contributed by atoms with van der Waals surface area (Å²) in [6.07, 6.45) is 1.35. The molecule has 0 radical (unpaired) electrons. The van der Waals surface area contributed by atoms with Crippen molar-refractivity contribution in [3.63, 3.8) is 0 Å². The monoisotopic (exact) mass is 374 g/mol. The third-order valence-electron chi connectivity index (χ3n) is 4.68. The van der Waals surface area contributed by atoms with Gasteiger partial charge in [-0.25, -0.2) is 8.42 Å². The van der Waals surface area contributed by atoms with Gasteiger partial charge in [0.05, 0.1) is 17.7 Å². The molecule has 1 aliphatic rings. The van der Waals surface area contributed by atoms with Crippen LogP contribution in [0.4, 0.5) is 11.4 Å². The predicted octanol–water partition coefficient (Wildman–Crippen LogP) is 3.24. The average molecular weight is 374 g/mol. The van der Waals surface area contributed by atoms with Crippen molar-refractivity contribution in [2.75, 3.05) is 23.3 Å². The molecule has 2 aromatic rings. The molecule has 0 aliphatic carbocycles. The number of hydrogen-bond donors (Lipinski definition) is 1. The van der Waals surface area contributed by atoms with E-state index in [1.807, 2.05) is 13.0 Å². The van der Waals surface area contributed by atoms with Crippen molar-refractivity contribution in [1.82, 2.24) is 0 Å². The molecule has 1 aliphatic heterocycles. The highest BCUT2D eigenvalue weighted by Gasteiger charge is 2.23. The summed E-state index contributed by atoms with van der Waals surface area (Å²) in [5, 5.41) is 0. The molecule has 2 aromatic carbocycles. The Bertz CT molecular complexity index is 954. The summed E-state index contributed by atoms with van der Waals surface area (Å²) >= 11 is 0. The number of ether oxygens (including phenoxy) is 1. The SMILES string of the molecule is COc1ccc(S(=O)(=O)Nc2cccc(N3CCCC3=O)c2)c(C)c1C. The number of anilines is 2. The highest BCUT2D eigenvalue weighted by molar-refractivity contribution is 7.92. The Morgan fingerprint density at radius 1 is 1.12 bits per heavy atom. The van der Waals surface area contributed by atoms with E-state index in [1.54, 1.807) is 43.2 Å². The van der Waals surface area contributed by atoms with Crippen LogP contribution < -0.4 is 14.4 Å². The molecule has 1 N–H and O–H groups in total. The highest BCUT2D eigenvalue weighted by Crippen LogP contribution is 2.29. The van der Waals surface area contributed by atoms with Crippen LogP contribution in [0.1, 0.15) is 24.0 Å². The van der Waals surface area contributed by atoms with Crippen LogP contribution in [0.5, 0.6) is 5.75 Å². The first-order valence-corrected chi connectivity index (χ1v) is 9.89. The largest absolute Gasteiger partial charge is 0.496 e. The second-order valence-corrected chi connectivity index (χ2v) is 7.97. The molecule has 1 amide bonds. The Morgan fingerprint density at radius 2 is 1.88 bits per heavy atom. The number of benzene rings is 2. The fraction of sp³-hybridized carbons (Fsp3) is 0.316. The molecule has 138 valence electrons. The maximum Gasteiger partial charge on any atom is 0.262 e. The fourth-order valence-corrected chi connectivity index (χ4v) is 4.50. The maximum absolute atomic E-state index is 12.8. The number of nitrogens with zero attached hydrogens (tertiary/aromatic N) is 1.